The number of carbonyl (C=O) groups is 1. The van der Waals surface area contributed by atoms with Crippen molar-refractivity contribution in [3.8, 4) is 0 Å². The molecule has 1 aliphatic carbocycles. The summed E-state index contributed by atoms with van der Waals surface area (Å²) in [7, 11) is 0. The summed E-state index contributed by atoms with van der Waals surface area (Å²) in [5, 5.41) is 5.12. The van der Waals surface area contributed by atoms with Crippen molar-refractivity contribution in [1.29, 1.82) is 0 Å². The zero-order valence-corrected chi connectivity index (χ0v) is 16.0. The van der Waals surface area contributed by atoms with E-state index in [4.69, 9.17) is 4.98 Å². The second-order valence-electron chi connectivity index (χ2n) is 6.13. The van der Waals surface area contributed by atoms with Crippen LogP contribution >= 0.6 is 27.3 Å². The van der Waals surface area contributed by atoms with Gasteiger partial charge in [0, 0.05) is 17.0 Å². The lowest BCUT2D eigenvalue weighted by molar-refractivity contribution is 0.0956. The van der Waals surface area contributed by atoms with E-state index >= 15 is 0 Å². The van der Waals surface area contributed by atoms with Gasteiger partial charge in [0.15, 0.2) is 0 Å². The van der Waals surface area contributed by atoms with E-state index in [1.54, 1.807) is 11.3 Å². The standard InChI is InChI=1S/C19H16BrN3OS/c1-11(17-8-9-18(20)25-17)22-23-19(24)14-10-16(12-6-7-12)21-15-5-3-2-4-13(14)15/h2-5,8-10,12H,6-7H2,1H3,(H,23,24)/b22-11+. The largest absolute Gasteiger partial charge is 0.272 e. The van der Waals surface area contributed by atoms with Gasteiger partial charge >= 0.3 is 0 Å². The number of carbonyl (C=O) groups excluding carboxylic acids is 1. The summed E-state index contributed by atoms with van der Waals surface area (Å²) in [6.07, 6.45) is 2.30. The van der Waals surface area contributed by atoms with Crippen LogP contribution < -0.4 is 5.43 Å². The molecule has 25 heavy (non-hydrogen) atoms. The summed E-state index contributed by atoms with van der Waals surface area (Å²) in [4.78, 5) is 18.5. The van der Waals surface area contributed by atoms with Crippen LogP contribution in [0, 0.1) is 0 Å². The summed E-state index contributed by atoms with van der Waals surface area (Å²) < 4.78 is 1.04. The van der Waals surface area contributed by atoms with Crippen LogP contribution in [0.1, 0.15) is 46.6 Å². The highest BCUT2D eigenvalue weighted by Crippen LogP contribution is 2.40. The Morgan fingerprint density at radius 2 is 2.08 bits per heavy atom. The SMILES string of the molecule is C/C(=N\NC(=O)c1cc(C2CC2)nc2ccccc12)c1ccc(Br)s1. The highest BCUT2D eigenvalue weighted by atomic mass is 79.9. The van der Waals surface area contributed by atoms with Crippen molar-refractivity contribution in [3.63, 3.8) is 0 Å². The number of nitrogens with zero attached hydrogens (tertiary/aromatic N) is 2. The number of para-hydroxylation sites is 1. The third kappa shape index (κ3) is 3.50. The molecule has 0 radical (unpaired) electrons. The van der Waals surface area contributed by atoms with Gasteiger partial charge in [0.2, 0.25) is 0 Å². The second kappa shape index (κ2) is 6.69. The summed E-state index contributed by atoms with van der Waals surface area (Å²) >= 11 is 5.03. The molecule has 126 valence electrons. The van der Waals surface area contributed by atoms with Crippen LogP contribution in [0.15, 0.2) is 51.4 Å². The van der Waals surface area contributed by atoms with E-state index in [1.807, 2.05) is 49.4 Å². The Labute approximate surface area is 158 Å². The van der Waals surface area contributed by atoms with Crippen LogP contribution in [0.4, 0.5) is 0 Å². The molecule has 1 N–H and O–H groups in total. The number of nitrogens with one attached hydrogen (secondary N) is 1. The number of aromatic nitrogens is 1. The van der Waals surface area contributed by atoms with Crippen molar-refractivity contribution in [3.05, 3.63) is 62.4 Å². The van der Waals surface area contributed by atoms with E-state index in [1.165, 1.54) is 0 Å². The van der Waals surface area contributed by atoms with Gasteiger partial charge in [-0.3, -0.25) is 9.78 Å². The number of benzene rings is 1. The number of amides is 1. The first kappa shape index (κ1) is 16.4. The first-order valence-electron chi connectivity index (χ1n) is 8.12. The molecule has 6 heteroatoms. The minimum Gasteiger partial charge on any atom is -0.267 e. The molecule has 0 atom stereocenters. The maximum Gasteiger partial charge on any atom is 0.272 e. The fourth-order valence-corrected chi connectivity index (χ4v) is 4.06. The molecule has 1 aromatic carbocycles. The average Bonchev–Trinajstić information content (AvgIpc) is 3.39. The van der Waals surface area contributed by atoms with Gasteiger partial charge in [0.05, 0.1) is 25.5 Å². The molecular weight excluding hydrogens is 398 g/mol. The van der Waals surface area contributed by atoms with Crippen molar-refractivity contribution in [1.82, 2.24) is 10.4 Å². The molecule has 3 aromatic rings. The Hall–Kier alpha value is -2.05. The molecular formula is C19H16BrN3OS. The predicted octanol–water partition coefficient (Wildman–Crippen LogP) is 5.09. The molecule has 4 nitrogen and oxygen atoms in total. The van der Waals surface area contributed by atoms with Crippen molar-refractivity contribution < 1.29 is 4.79 Å². The molecule has 1 fully saturated rings. The van der Waals surface area contributed by atoms with Gasteiger partial charge < -0.3 is 0 Å². The number of hydrogen-bond acceptors (Lipinski definition) is 4. The zero-order valence-electron chi connectivity index (χ0n) is 13.6. The first-order chi connectivity index (χ1) is 12.1. The van der Waals surface area contributed by atoms with E-state index in [-0.39, 0.29) is 5.91 Å². The molecule has 0 bridgehead atoms. The minimum atomic E-state index is -0.199. The number of rotatable bonds is 4. The summed E-state index contributed by atoms with van der Waals surface area (Å²) in [5.41, 5.74) is 5.98. The van der Waals surface area contributed by atoms with Crippen molar-refractivity contribution >= 4 is 49.8 Å². The number of hydrogen-bond donors (Lipinski definition) is 1. The smallest absolute Gasteiger partial charge is 0.267 e. The zero-order chi connectivity index (χ0) is 17.4. The van der Waals surface area contributed by atoms with E-state index < -0.39 is 0 Å². The fraction of sp³-hybridized carbons (Fsp3) is 0.211. The first-order valence-corrected chi connectivity index (χ1v) is 9.73. The molecule has 1 amide bonds. The van der Waals surface area contributed by atoms with E-state index in [0.717, 1.165) is 43.8 Å². The fourth-order valence-electron chi connectivity index (χ4n) is 2.73. The van der Waals surface area contributed by atoms with Crippen LogP contribution in [0.5, 0.6) is 0 Å². The maximum atomic E-state index is 12.7. The molecule has 2 aromatic heterocycles. The Bertz CT molecular complexity index is 991. The molecule has 1 aliphatic rings. The lowest BCUT2D eigenvalue weighted by atomic mass is 10.1. The van der Waals surface area contributed by atoms with E-state index in [9.17, 15) is 4.79 Å². The quantitative estimate of drug-likeness (QED) is 0.478. The van der Waals surface area contributed by atoms with Gasteiger partial charge in [0.25, 0.3) is 5.91 Å². The molecule has 0 saturated heterocycles. The van der Waals surface area contributed by atoms with Gasteiger partial charge in [-0.15, -0.1) is 11.3 Å². The molecule has 0 aliphatic heterocycles. The van der Waals surface area contributed by atoms with Crippen molar-refractivity contribution in [2.75, 3.05) is 0 Å². The summed E-state index contributed by atoms with van der Waals surface area (Å²) in [6.45, 7) is 1.89. The maximum absolute atomic E-state index is 12.7. The van der Waals surface area contributed by atoms with Crippen LogP contribution in [0.25, 0.3) is 10.9 Å². The Morgan fingerprint density at radius 1 is 1.28 bits per heavy atom. The molecule has 2 heterocycles. The topological polar surface area (TPSA) is 54.4 Å². The van der Waals surface area contributed by atoms with Crippen LogP contribution in [-0.2, 0) is 0 Å². The number of fused-ring (bicyclic) bond motifs is 1. The van der Waals surface area contributed by atoms with Crippen molar-refractivity contribution in [2.24, 2.45) is 5.10 Å². The molecule has 1 saturated carbocycles. The van der Waals surface area contributed by atoms with Gasteiger partial charge in [0.1, 0.15) is 0 Å². The third-order valence-electron chi connectivity index (χ3n) is 4.23. The van der Waals surface area contributed by atoms with Gasteiger partial charge in [-0.05, 0) is 60.0 Å². The highest BCUT2D eigenvalue weighted by molar-refractivity contribution is 9.11. The normalized spacial score (nSPS) is 14.7. The third-order valence-corrected chi connectivity index (χ3v) is 5.96. The lowest BCUT2D eigenvalue weighted by Crippen LogP contribution is -2.20. The highest BCUT2D eigenvalue weighted by Gasteiger charge is 2.26. The Morgan fingerprint density at radius 3 is 2.80 bits per heavy atom. The van der Waals surface area contributed by atoms with Crippen LogP contribution in [0.3, 0.4) is 0 Å². The Balaban J connectivity index is 1.65. The monoisotopic (exact) mass is 413 g/mol. The lowest BCUT2D eigenvalue weighted by Gasteiger charge is -2.08. The van der Waals surface area contributed by atoms with E-state index in [2.05, 4.69) is 26.5 Å². The average molecular weight is 414 g/mol. The second-order valence-corrected chi connectivity index (χ2v) is 8.59. The van der Waals surface area contributed by atoms with Gasteiger partial charge in [-0.1, -0.05) is 18.2 Å². The number of pyridine rings is 1. The van der Waals surface area contributed by atoms with E-state index in [0.29, 0.717) is 11.5 Å². The van der Waals surface area contributed by atoms with Crippen molar-refractivity contribution in [2.45, 2.75) is 25.7 Å². The Kier molecular flexibility index (Phi) is 4.39. The number of thiophene rings is 1. The van der Waals surface area contributed by atoms with Crippen LogP contribution in [-0.4, -0.2) is 16.6 Å². The molecule has 0 unspecified atom stereocenters. The van der Waals surface area contributed by atoms with Gasteiger partial charge in [-0.25, -0.2) is 5.43 Å². The van der Waals surface area contributed by atoms with Gasteiger partial charge in [-0.2, -0.15) is 5.10 Å². The summed E-state index contributed by atoms with van der Waals surface area (Å²) in [6, 6.07) is 13.6. The number of hydrazone groups is 1. The summed E-state index contributed by atoms with van der Waals surface area (Å²) in [5.74, 6) is 0.292. The van der Waals surface area contributed by atoms with Crippen LogP contribution in [0.2, 0.25) is 0 Å². The minimum absolute atomic E-state index is 0.199. The molecule has 0 spiro atoms. The molecule has 4 rings (SSSR count). The number of halogens is 1. The predicted molar refractivity (Wildman–Crippen MR) is 105 cm³/mol.